The van der Waals surface area contributed by atoms with Crippen LogP contribution >= 0.6 is 0 Å². The molecule has 1 N–H and O–H groups in total. The van der Waals surface area contributed by atoms with Gasteiger partial charge in [-0.15, -0.1) is 0 Å². The predicted octanol–water partition coefficient (Wildman–Crippen LogP) is 1.10. The second kappa shape index (κ2) is 4.77. The minimum absolute atomic E-state index is 0.0515. The van der Waals surface area contributed by atoms with Gasteiger partial charge in [-0.3, -0.25) is 4.79 Å². The van der Waals surface area contributed by atoms with E-state index in [1.165, 1.54) is 0 Å². The van der Waals surface area contributed by atoms with E-state index in [1.807, 2.05) is 13.8 Å². The fourth-order valence-corrected chi connectivity index (χ4v) is 0.975. The Morgan fingerprint density at radius 2 is 2.27 bits per heavy atom. The number of nitrogens with zero attached hydrogens (tertiary/aromatic N) is 3. The Labute approximate surface area is 87.9 Å². The minimum Gasteiger partial charge on any atom is -0.481 e. The van der Waals surface area contributed by atoms with Gasteiger partial charge in [0.05, 0.1) is 6.42 Å². The Balaban J connectivity index is 2.57. The molecule has 0 aliphatic rings. The zero-order chi connectivity index (χ0) is 11.4. The molecule has 0 aliphatic carbocycles. The smallest absolute Gasteiger partial charge is 0.323 e. The second-order valence-electron chi connectivity index (χ2n) is 3.66. The lowest BCUT2D eigenvalue weighted by Gasteiger charge is -2.10. The molecular formula is C9H15N3O3. The molecule has 15 heavy (non-hydrogen) atoms. The highest BCUT2D eigenvalue weighted by atomic mass is 16.5. The second-order valence-corrected chi connectivity index (χ2v) is 3.66. The summed E-state index contributed by atoms with van der Waals surface area (Å²) < 4.78 is 4.99. The average Bonchev–Trinajstić information content (AvgIpc) is 2.62. The van der Waals surface area contributed by atoms with Crippen LogP contribution in [0, 0.1) is 0 Å². The van der Waals surface area contributed by atoms with Crippen molar-refractivity contribution in [3.8, 4) is 0 Å². The summed E-state index contributed by atoms with van der Waals surface area (Å²) in [5.74, 6) is -0.00648. The normalized spacial score (nSPS) is 10.7. The van der Waals surface area contributed by atoms with E-state index < -0.39 is 5.97 Å². The molecule has 1 aromatic rings. The maximum atomic E-state index is 10.4. The topological polar surface area (TPSA) is 79.5 Å². The number of aliphatic carboxylic acids is 1. The minimum atomic E-state index is -0.842. The van der Waals surface area contributed by atoms with E-state index in [9.17, 15) is 4.79 Å². The molecule has 0 fully saturated rings. The first-order valence-corrected chi connectivity index (χ1v) is 4.77. The fraction of sp³-hybridized carbons (Fsp3) is 0.667. The van der Waals surface area contributed by atoms with Crippen molar-refractivity contribution >= 4 is 12.0 Å². The van der Waals surface area contributed by atoms with Crippen molar-refractivity contribution in [2.45, 2.75) is 26.2 Å². The molecule has 0 atom stereocenters. The third kappa shape index (κ3) is 3.23. The van der Waals surface area contributed by atoms with Gasteiger partial charge >= 0.3 is 12.0 Å². The van der Waals surface area contributed by atoms with Gasteiger partial charge in [0.2, 0.25) is 0 Å². The number of hydrogen-bond donors (Lipinski definition) is 1. The molecule has 6 heteroatoms. The first-order chi connectivity index (χ1) is 7.00. The molecule has 1 aromatic heterocycles. The van der Waals surface area contributed by atoms with Crippen LogP contribution in [0.15, 0.2) is 4.52 Å². The molecule has 0 bridgehead atoms. The van der Waals surface area contributed by atoms with E-state index in [1.54, 1.807) is 11.9 Å². The molecule has 6 nitrogen and oxygen atoms in total. The number of aromatic nitrogens is 2. The standard InChI is InChI=1S/C9H15N3O3/c1-6(2)8-10-9(15-11-8)12(3)5-4-7(13)14/h6H,4-5H2,1-3H3,(H,13,14). The summed E-state index contributed by atoms with van der Waals surface area (Å²) in [5.41, 5.74) is 0. The van der Waals surface area contributed by atoms with Crippen molar-refractivity contribution in [3.63, 3.8) is 0 Å². The highest BCUT2D eigenvalue weighted by Crippen LogP contribution is 2.15. The number of carboxylic acids is 1. The number of rotatable bonds is 5. The molecule has 0 saturated carbocycles. The van der Waals surface area contributed by atoms with Crippen LogP contribution in [0.2, 0.25) is 0 Å². The maximum absolute atomic E-state index is 10.4. The lowest BCUT2D eigenvalue weighted by atomic mass is 10.2. The molecule has 0 aliphatic heterocycles. The van der Waals surface area contributed by atoms with E-state index in [-0.39, 0.29) is 12.3 Å². The van der Waals surface area contributed by atoms with Crippen LogP contribution in [-0.2, 0) is 4.79 Å². The summed E-state index contributed by atoms with van der Waals surface area (Å²) >= 11 is 0. The van der Waals surface area contributed by atoms with Gasteiger partial charge in [-0.25, -0.2) is 0 Å². The lowest BCUT2D eigenvalue weighted by Crippen LogP contribution is -2.21. The van der Waals surface area contributed by atoms with Crippen LogP contribution in [0.1, 0.15) is 32.0 Å². The first kappa shape index (κ1) is 11.5. The average molecular weight is 213 g/mol. The van der Waals surface area contributed by atoms with Crippen molar-refractivity contribution < 1.29 is 14.4 Å². The Bertz CT molecular complexity index is 335. The maximum Gasteiger partial charge on any atom is 0.323 e. The SMILES string of the molecule is CC(C)c1noc(N(C)CCC(=O)O)n1. The van der Waals surface area contributed by atoms with E-state index in [0.717, 1.165) is 0 Å². The zero-order valence-electron chi connectivity index (χ0n) is 9.10. The van der Waals surface area contributed by atoms with Gasteiger partial charge in [0.1, 0.15) is 0 Å². The predicted molar refractivity (Wildman–Crippen MR) is 53.9 cm³/mol. The largest absolute Gasteiger partial charge is 0.481 e. The molecule has 0 unspecified atom stereocenters. The molecule has 0 amide bonds. The van der Waals surface area contributed by atoms with Crippen LogP contribution in [-0.4, -0.2) is 34.8 Å². The fourth-order valence-electron chi connectivity index (χ4n) is 0.975. The summed E-state index contributed by atoms with van der Waals surface area (Å²) in [6.07, 6.45) is 0.0515. The zero-order valence-corrected chi connectivity index (χ0v) is 9.10. The van der Waals surface area contributed by atoms with Crippen LogP contribution < -0.4 is 4.90 Å². The van der Waals surface area contributed by atoms with Gasteiger partial charge in [-0.05, 0) is 0 Å². The van der Waals surface area contributed by atoms with E-state index >= 15 is 0 Å². The van der Waals surface area contributed by atoms with Crippen LogP contribution in [0.3, 0.4) is 0 Å². The van der Waals surface area contributed by atoms with Gasteiger partial charge < -0.3 is 14.5 Å². The van der Waals surface area contributed by atoms with Gasteiger partial charge in [0.15, 0.2) is 5.82 Å². The van der Waals surface area contributed by atoms with Crippen molar-refractivity contribution in [2.24, 2.45) is 0 Å². The quantitative estimate of drug-likeness (QED) is 0.789. The number of anilines is 1. The molecule has 0 aromatic carbocycles. The number of carboxylic acid groups (broad SMARTS) is 1. The van der Waals surface area contributed by atoms with Crippen LogP contribution in [0.5, 0.6) is 0 Å². The number of carbonyl (C=O) groups is 1. The Kier molecular flexibility index (Phi) is 3.65. The van der Waals surface area contributed by atoms with E-state index in [2.05, 4.69) is 10.1 Å². The molecule has 0 saturated heterocycles. The van der Waals surface area contributed by atoms with Gasteiger partial charge in [-0.2, -0.15) is 4.98 Å². The highest BCUT2D eigenvalue weighted by Gasteiger charge is 2.13. The third-order valence-corrected chi connectivity index (χ3v) is 1.94. The van der Waals surface area contributed by atoms with E-state index in [0.29, 0.717) is 18.4 Å². The summed E-state index contributed by atoms with van der Waals surface area (Å²) in [6.45, 7) is 4.28. The van der Waals surface area contributed by atoms with Crippen molar-refractivity contribution in [3.05, 3.63) is 5.82 Å². The van der Waals surface area contributed by atoms with Gasteiger partial charge in [0, 0.05) is 19.5 Å². The molecule has 0 radical (unpaired) electrons. The van der Waals surface area contributed by atoms with Crippen molar-refractivity contribution in [1.29, 1.82) is 0 Å². The van der Waals surface area contributed by atoms with Gasteiger partial charge in [0.25, 0.3) is 0 Å². The first-order valence-electron chi connectivity index (χ1n) is 4.77. The Morgan fingerprint density at radius 3 is 2.73 bits per heavy atom. The molecule has 0 spiro atoms. The summed E-state index contributed by atoms with van der Waals surface area (Å²) in [4.78, 5) is 16.1. The van der Waals surface area contributed by atoms with Crippen molar-refractivity contribution in [2.75, 3.05) is 18.5 Å². The van der Waals surface area contributed by atoms with Crippen LogP contribution in [0.25, 0.3) is 0 Å². The van der Waals surface area contributed by atoms with Gasteiger partial charge in [-0.1, -0.05) is 19.0 Å². The van der Waals surface area contributed by atoms with E-state index in [4.69, 9.17) is 9.63 Å². The lowest BCUT2D eigenvalue weighted by molar-refractivity contribution is -0.136. The highest BCUT2D eigenvalue weighted by molar-refractivity contribution is 5.67. The third-order valence-electron chi connectivity index (χ3n) is 1.94. The summed E-state index contributed by atoms with van der Waals surface area (Å²) in [7, 11) is 1.72. The van der Waals surface area contributed by atoms with Crippen molar-refractivity contribution in [1.82, 2.24) is 10.1 Å². The Hall–Kier alpha value is -1.59. The summed E-state index contributed by atoms with van der Waals surface area (Å²) in [6, 6.07) is 0.361. The molecular weight excluding hydrogens is 198 g/mol. The Morgan fingerprint density at radius 1 is 1.60 bits per heavy atom. The monoisotopic (exact) mass is 213 g/mol. The molecule has 1 heterocycles. The molecule has 1 rings (SSSR count). The molecule has 84 valence electrons. The summed E-state index contributed by atoms with van der Waals surface area (Å²) in [5, 5.41) is 12.3. The number of hydrogen-bond acceptors (Lipinski definition) is 5. The van der Waals surface area contributed by atoms with Crippen LogP contribution in [0.4, 0.5) is 6.01 Å².